The number of nitrogens with zero attached hydrogens (tertiary/aromatic N) is 3. The third kappa shape index (κ3) is 8.14. The largest absolute Gasteiger partial charge is 0.465 e. The number of benzene rings is 2. The number of methoxy groups -OCH3 is 1. The molecule has 1 aliphatic heterocycles. The van der Waals surface area contributed by atoms with Crippen molar-refractivity contribution in [3.05, 3.63) is 65.0 Å². The van der Waals surface area contributed by atoms with Crippen molar-refractivity contribution in [3.63, 3.8) is 0 Å². The summed E-state index contributed by atoms with van der Waals surface area (Å²) in [7, 11) is 3.33. The fourth-order valence-corrected chi connectivity index (χ4v) is 5.43. The fraction of sp³-hybridized carbons (Fsp3) is 0.455. The minimum Gasteiger partial charge on any atom is -0.465 e. The van der Waals surface area contributed by atoms with E-state index in [9.17, 15) is 22.8 Å². The number of rotatable bonds is 13. The number of carbonyl (C=O) groups is 2. The van der Waals surface area contributed by atoms with Gasteiger partial charge in [-0.2, -0.15) is 13.2 Å². The molecule has 3 heterocycles. The number of H-pyrrole nitrogens is 1. The van der Waals surface area contributed by atoms with E-state index >= 15 is 0 Å². The molecule has 0 aliphatic carbocycles. The lowest BCUT2D eigenvalue weighted by atomic mass is 9.99. The van der Waals surface area contributed by atoms with Crippen molar-refractivity contribution in [1.29, 1.82) is 0 Å². The van der Waals surface area contributed by atoms with Gasteiger partial charge >= 0.3 is 18.2 Å². The fourth-order valence-electron chi connectivity index (χ4n) is 5.43. The zero-order valence-corrected chi connectivity index (χ0v) is 27.6. The molecule has 2 aromatic carbocycles. The molecule has 0 bridgehead atoms. The number of hydrogen-bond donors (Lipinski definition) is 5. The molecule has 4 aromatic rings. The predicted molar refractivity (Wildman–Crippen MR) is 175 cm³/mol. The van der Waals surface area contributed by atoms with Crippen LogP contribution >= 0.6 is 0 Å². The molecule has 5 N–H and O–H groups in total. The number of amides is 1. The van der Waals surface area contributed by atoms with Crippen LogP contribution in [-0.2, 0) is 21.6 Å². The molecule has 2 aromatic heterocycles. The highest BCUT2D eigenvalue weighted by molar-refractivity contribution is 6.12. The summed E-state index contributed by atoms with van der Waals surface area (Å²) in [6.07, 6.45) is -3.21. The summed E-state index contributed by atoms with van der Waals surface area (Å²) >= 11 is 0. The number of aromatic nitrogens is 3. The van der Waals surface area contributed by atoms with Crippen LogP contribution in [0.15, 0.2) is 42.5 Å². The Kier molecular flexibility index (Phi) is 10.1. The molecule has 0 atom stereocenters. The molecule has 15 heteroatoms. The summed E-state index contributed by atoms with van der Waals surface area (Å²) < 4.78 is 51.3. The number of hydrazine groups is 1. The Morgan fingerprint density at radius 1 is 1.00 bits per heavy atom. The van der Waals surface area contributed by atoms with Crippen LogP contribution in [0.1, 0.15) is 60.9 Å². The van der Waals surface area contributed by atoms with Gasteiger partial charge in [-0.3, -0.25) is 0 Å². The first-order valence-corrected chi connectivity index (χ1v) is 15.7. The lowest BCUT2D eigenvalue weighted by Gasteiger charge is -2.20. The van der Waals surface area contributed by atoms with E-state index in [1.807, 2.05) is 33.9 Å². The van der Waals surface area contributed by atoms with Crippen molar-refractivity contribution in [2.45, 2.75) is 57.5 Å². The van der Waals surface area contributed by atoms with Crippen molar-refractivity contribution >= 4 is 39.8 Å². The number of alkyl carbamates (subject to hydrolysis) is 1. The van der Waals surface area contributed by atoms with E-state index in [1.165, 1.54) is 19.2 Å². The molecule has 0 unspecified atom stereocenters. The molecule has 12 nitrogen and oxygen atoms in total. The van der Waals surface area contributed by atoms with Crippen LogP contribution in [0.4, 0.5) is 23.8 Å². The Morgan fingerprint density at radius 2 is 1.73 bits per heavy atom. The highest BCUT2D eigenvalue weighted by Crippen LogP contribution is 2.42. The Balaban J connectivity index is 1.30. The Hall–Kier alpha value is -4.47. The number of nitrogens with one attached hydrogen (secondary N) is 5. The highest BCUT2D eigenvalue weighted by Gasteiger charge is 2.65. The van der Waals surface area contributed by atoms with Crippen molar-refractivity contribution in [2.24, 2.45) is 0 Å². The number of ether oxygens (including phenoxy) is 2. The molecule has 258 valence electrons. The van der Waals surface area contributed by atoms with Gasteiger partial charge in [-0.1, -0.05) is 30.3 Å². The first-order valence-electron chi connectivity index (χ1n) is 15.7. The molecule has 1 amide bonds. The third-order valence-corrected chi connectivity index (χ3v) is 7.83. The SMILES string of the molecule is COC(=O)c1ccc2c(c1)[nH]c1nc(Cc3cccc(C4(C(F)(F)F)NN4)c3)nc(NCCCN(C)CCCNC(=O)OC(C)(C)C)c12. The normalized spacial score (nSPS) is 14.4. The summed E-state index contributed by atoms with van der Waals surface area (Å²) in [6.45, 7) is 8.11. The number of aromatic amines is 1. The number of halogens is 3. The van der Waals surface area contributed by atoms with E-state index in [2.05, 4.69) is 31.4 Å². The van der Waals surface area contributed by atoms with Crippen LogP contribution in [0.25, 0.3) is 21.9 Å². The first-order chi connectivity index (χ1) is 22.7. The number of fused-ring (bicyclic) bond motifs is 3. The number of anilines is 1. The molecular formula is C33H41F3N8O4. The monoisotopic (exact) mass is 670 g/mol. The molecular weight excluding hydrogens is 629 g/mol. The van der Waals surface area contributed by atoms with E-state index in [1.54, 1.807) is 24.3 Å². The average molecular weight is 671 g/mol. The van der Waals surface area contributed by atoms with Crippen molar-refractivity contribution in [2.75, 3.05) is 45.7 Å². The summed E-state index contributed by atoms with van der Waals surface area (Å²) in [4.78, 5) is 39.0. The second-order valence-corrected chi connectivity index (χ2v) is 12.8. The number of carbonyl (C=O) groups excluding carboxylic acids is 2. The second kappa shape index (κ2) is 13.9. The number of alkyl halides is 3. The van der Waals surface area contributed by atoms with Gasteiger partial charge in [0.1, 0.15) is 22.9 Å². The van der Waals surface area contributed by atoms with Gasteiger partial charge < -0.3 is 30.0 Å². The maximum Gasteiger partial charge on any atom is 0.426 e. The van der Waals surface area contributed by atoms with Gasteiger partial charge in [0.2, 0.25) is 5.66 Å². The van der Waals surface area contributed by atoms with Crippen LogP contribution < -0.4 is 21.5 Å². The van der Waals surface area contributed by atoms with Gasteiger partial charge in [0.15, 0.2) is 0 Å². The van der Waals surface area contributed by atoms with E-state index in [0.29, 0.717) is 47.0 Å². The number of hydrogen-bond acceptors (Lipinski definition) is 10. The molecule has 1 aliphatic rings. The predicted octanol–water partition coefficient (Wildman–Crippen LogP) is 4.96. The van der Waals surface area contributed by atoms with Crippen molar-refractivity contribution in [1.82, 2.24) is 36.0 Å². The van der Waals surface area contributed by atoms with E-state index in [0.717, 1.165) is 36.7 Å². The average Bonchev–Trinajstić information content (AvgIpc) is 3.76. The lowest BCUT2D eigenvalue weighted by molar-refractivity contribution is -0.165. The van der Waals surface area contributed by atoms with E-state index in [-0.39, 0.29) is 12.0 Å². The summed E-state index contributed by atoms with van der Waals surface area (Å²) in [5, 5.41) is 7.75. The van der Waals surface area contributed by atoms with Gasteiger partial charge in [0.05, 0.1) is 18.1 Å². The van der Waals surface area contributed by atoms with Crippen LogP contribution in [-0.4, -0.2) is 84.0 Å². The minimum absolute atomic E-state index is 0.0534. The topological polar surface area (TPSA) is 165 Å². The number of esters is 1. The molecule has 0 radical (unpaired) electrons. The van der Waals surface area contributed by atoms with Crippen LogP contribution in [0.5, 0.6) is 0 Å². The van der Waals surface area contributed by atoms with Gasteiger partial charge in [0, 0.05) is 30.4 Å². The Labute approximate surface area is 276 Å². The van der Waals surface area contributed by atoms with Gasteiger partial charge in [-0.15, -0.1) is 0 Å². The zero-order valence-electron chi connectivity index (χ0n) is 27.6. The molecule has 0 spiro atoms. The summed E-state index contributed by atoms with van der Waals surface area (Å²) in [6, 6.07) is 11.4. The zero-order chi connectivity index (χ0) is 34.7. The molecule has 5 rings (SSSR count). The quantitative estimate of drug-likeness (QED) is 0.0746. The maximum atomic E-state index is 13.7. The molecule has 1 fully saturated rings. The minimum atomic E-state index is -4.52. The molecule has 48 heavy (non-hydrogen) atoms. The summed E-state index contributed by atoms with van der Waals surface area (Å²) in [5.74, 6) is 0.514. The standard InChI is InChI=1S/C33H41F3N8O4/c1-31(2,3)48-30(46)38-14-8-16-44(4)15-7-13-37-27-26-23-12-11-21(29(45)47-5)19-24(23)39-28(26)41-25(40-27)18-20-9-6-10-22(17-20)32(42-43-32)33(34,35)36/h6,9-12,17,19,42-43H,7-8,13-16,18H2,1-5H3,(H,38,46)(H2,37,39,40,41). The highest BCUT2D eigenvalue weighted by atomic mass is 19.4. The van der Waals surface area contributed by atoms with Crippen LogP contribution in [0, 0.1) is 0 Å². The Bertz CT molecular complexity index is 1780. The van der Waals surface area contributed by atoms with E-state index in [4.69, 9.17) is 19.4 Å². The first kappa shape index (κ1) is 34.9. The van der Waals surface area contributed by atoms with Gasteiger partial charge in [-0.25, -0.2) is 30.4 Å². The molecule has 0 saturated carbocycles. The van der Waals surface area contributed by atoms with E-state index < -0.39 is 29.5 Å². The van der Waals surface area contributed by atoms with Gasteiger partial charge in [0.25, 0.3) is 0 Å². The second-order valence-electron chi connectivity index (χ2n) is 12.8. The van der Waals surface area contributed by atoms with Crippen LogP contribution in [0.2, 0.25) is 0 Å². The van der Waals surface area contributed by atoms with Crippen molar-refractivity contribution < 1.29 is 32.2 Å². The van der Waals surface area contributed by atoms with Gasteiger partial charge in [-0.05, 0) is 77.0 Å². The van der Waals surface area contributed by atoms with Crippen molar-refractivity contribution in [3.8, 4) is 0 Å². The molecule has 1 saturated heterocycles. The Morgan fingerprint density at radius 3 is 2.40 bits per heavy atom. The maximum absolute atomic E-state index is 13.7. The third-order valence-electron chi connectivity index (χ3n) is 7.83. The smallest absolute Gasteiger partial charge is 0.426 e. The van der Waals surface area contributed by atoms with Crippen LogP contribution in [0.3, 0.4) is 0 Å². The lowest BCUT2D eigenvalue weighted by Crippen LogP contribution is -2.34. The summed E-state index contributed by atoms with van der Waals surface area (Å²) in [5.41, 5.74) is 3.92.